The molecule has 84 valence electrons. The molecule has 0 saturated carbocycles. The lowest BCUT2D eigenvalue weighted by Crippen LogP contribution is -2.09. The summed E-state index contributed by atoms with van der Waals surface area (Å²) in [6.45, 7) is 1.24. The van der Waals surface area contributed by atoms with Gasteiger partial charge in [0, 0.05) is 11.8 Å². The number of anilines is 1. The van der Waals surface area contributed by atoms with Crippen LogP contribution in [-0.2, 0) is 4.74 Å². The number of hydrogen-bond acceptors (Lipinski definition) is 4. The normalized spacial score (nSPS) is 10.3. The Balaban J connectivity index is 2.33. The van der Waals surface area contributed by atoms with E-state index in [9.17, 15) is 0 Å². The third-order valence-corrected chi connectivity index (χ3v) is 2.33. The van der Waals surface area contributed by atoms with Gasteiger partial charge in [0.15, 0.2) is 0 Å². The molecule has 0 unspecified atom stereocenters. The van der Waals surface area contributed by atoms with Crippen LogP contribution in [0.1, 0.15) is 0 Å². The second kappa shape index (κ2) is 6.66. The molecule has 0 spiro atoms. The first-order valence-electron chi connectivity index (χ1n) is 4.60. The summed E-state index contributed by atoms with van der Waals surface area (Å²) in [6.07, 6.45) is 0. The van der Waals surface area contributed by atoms with Crippen molar-refractivity contribution >= 4 is 21.6 Å². The third-order valence-electron chi connectivity index (χ3n) is 1.68. The zero-order chi connectivity index (χ0) is 11.1. The second-order valence-corrected chi connectivity index (χ2v) is 3.73. The molecule has 1 rings (SSSR count). The van der Waals surface area contributed by atoms with Crippen LogP contribution in [-0.4, -0.2) is 31.5 Å². The monoisotopic (exact) mass is 275 g/mol. The lowest BCUT2D eigenvalue weighted by atomic mass is 10.3. The van der Waals surface area contributed by atoms with Gasteiger partial charge in [-0.05, 0) is 28.1 Å². The van der Waals surface area contributed by atoms with Gasteiger partial charge in [0.1, 0.15) is 12.4 Å². The van der Waals surface area contributed by atoms with Crippen LogP contribution < -0.4 is 10.5 Å². The Bertz CT molecular complexity index is 307. The molecule has 0 amide bonds. The molecule has 0 fully saturated rings. The first-order chi connectivity index (χ1) is 7.24. The average Bonchev–Trinajstić information content (AvgIpc) is 2.23. The second-order valence-electron chi connectivity index (χ2n) is 2.87. The van der Waals surface area contributed by atoms with Crippen LogP contribution in [0, 0.1) is 0 Å². The molecule has 5 heteroatoms. The number of ether oxygens (including phenoxy) is 2. The maximum Gasteiger partial charge on any atom is 0.135 e. The molecule has 0 aromatic heterocycles. The number of benzene rings is 1. The van der Waals surface area contributed by atoms with Crippen LogP contribution in [0.3, 0.4) is 0 Å². The topological polar surface area (TPSA) is 64.7 Å². The minimum Gasteiger partial charge on any atom is -0.490 e. The molecule has 0 bridgehead atoms. The van der Waals surface area contributed by atoms with Crippen molar-refractivity contribution in [2.75, 3.05) is 32.2 Å². The van der Waals surface area contributed by atoms with E-state index in [-0.39, 0.29) is 6.61 Å². The van der Waals surface area contributed by atoms with Gasteiger partial charge in [0.05, 0.1) is 24.3 Å². The van der Waals surface area contributed by atoms with Gasteiger partial charge in [-0.25, -0.2) is 0 Å². The number of halogens is 1. The standard InChI is InChI=1S/C10H14BrNO3/c11-9-2-1-8(12)7-10(9)15-6-5-14-4-3-13/h1-2,7,13H,3-6,12H2. The summed E-state index contributed by atoms with van der Waals surface area (Å²) in [6, 6.07) is 5.37. The van der Waals surface area contributed by atoms with E-state index in [1.165, 1.54) is 0 Å². The van der Waals surface area contributed by atoms with Gasteiger partial charge in [0.25, 0.3) is 0 Å². The van der Waals surface area contributed by atoms with Crippen molar-refractivity contribution in [2.45, 2.75) is 0 Å². The summed E-state index contributed by atoms with van der Waals surface area (Å²) in [4.78, 5) is 0. The van der Waals surface area contributed by atoms with Crippen molar-refractivity contribution in [1.82, 2.24) is 0 Å². The van der Waals surface area contributed by atoms with E-state index >= 15 is 0 Å². The molecule has 0 heterocycles. The SMILES string of the molecule is Nc1ccc(Br)c(OCCOCCO)c1. The highest BCUT2D eigenvalue weighted by Gasteiger charge is 2.00. The molecular formula is C10H14BrNO3. The quantitative estimate of drug-likeness (QED) is 0.609. The van der Waals surface area contributed by atoms with E-state index in [1.54, 1.807) is 12.1 Å². The molecule has 0 aliphatic carbocycles. The summed E-state index contributed by atoms with van der Waals surface area (Å²) < 4.78 is 11.3. The highest BCUT2D eigenvalue weighted by atomic mass is 79.9. The number of aliphatic hydroxyl groups is 1. The maximum absolute atomic E-state index is 8.47. The molecule has 4 nitrogen and oxygen atoms in total. The fourth-order valence-electron chi connectivity index (χ4n) is 1.01. The summed E-state index contributed by atoms with van der Waals surface area (Å²) >= 11 is 3.35. The average molecular weight is 276 g/mol. The number of nitrogens with two attached hydrogens (primary N) is 1. The zero-order valence-corrected chi connectivity index (χ0v) is 9.87. The number of hydrogen-bond donors (Lipinski definition) is 2. The summed E-state index contributed by atoms with van der Waals surface area (Å²) in [5, 5.41) is 8.47. The third kappa shape index (κ3) is 4.51. The number of rotatable bonds is 6. The van der Waals surface area contributed by atoms with Crippen molar-refractivity contribution in [2.24, 2.45) is 0 Å². The van der Waals surface area contributed by atoms with Crippen LogP contribution >= 0.6 is 15.9 Å². The lowest BCUT2D eigenvalue weighted by Gasteiger charge is -2.08. The summed E-state index contributed by atoms with van der Waals surface area (Å²) in [7, 11) is 0. The van der Waals surface area contributed by atoms with Crippen molar-refractivity contribution in [3.05, 3.63) is 22.7 Å². The molecule has 0 radical (unpaired) electrons. The Hall–Kier alpha value is -0.780. The molecule has 1 aromatic carbocycles. The van der Waals surface area contributed by atoms with E-state index in [2.05, 4.69) is 15.9 Å². The predicted octanol–water partition coefficient (Wildman–Crippen LogP) is 1.42. The fraction of sp³-hybridized carbons (Fsp3) is 0.400. The lowest BCUT2D eigenvalue weighted by molar-refractivity contribution is 0.0704. The van der Waals surface area contributed by atoms with Crippen LogP contribution in [0.25, 0.3) is 0 Å². The van der Waals surface area contributed by atoms with Crippen LogP contribution in [0.4, 0.5) is 5.69 Å². The molecule has 0 aliphatic heterocycles. The molecule has 1 aromatic rings. The highest BCUT2D eigenvalue weighted by molar-refractivity contribution is 9.10. The van der Waals surface area contributed by atoms with Crippen molar-refractivity contribution in [3.63, 3.8) is 0 Å². The Morgan fingerprint density at radius 3 is 2.80 bits per heavy atom. The fourth-order valence-corrected chi connectivity index (χ4v) is 1.37. The minimum absolute atomic E-state index is 0.0297. The smallest absolute Gasteiger partial charge is 0.135 e. The Labute approximate surface area is 97.1 Å². The highest BCUT2D eigenvalue weighted by Crippen LogP contribution is 2.26. The number of nitrogen functional groups attached to an aromatic ring is 1. The van der Waals surface area contributed by atoms with E-state index in [4.69, 9.17) is 20.3 Å². The van der Waals surface area contributed by atoms with Crippen molar-refractivity contribution in [1.29, 1.82) is 0 Å². The minimum atomic E-state index is 0.0297. The van der Waals surface area contributed by atoms with E-state index < -0.39 is 0 Å². The molecule has 0 atom stereocenters. The van der Waals surface area contributed by atoms with Gasteiger partial charge in [-0.15, -0.1) is 0 Å². The van der Waals surface area contributed by atoms with Crippen molar-refractivity contribution < 1.29 is 14.6 Å². The van der Waals surface area contributed by atoms with Gasteiger partial charge in [0.2, 0.25) is 0 Å². The van der Waals surface area contributed by atoms with Gasteiger partial charge >= 0.3 is 0 Å². The van der Waals surface area contributed by atoms with Gasteiger partial charge in [-0.3, -0.25) is 0 Å². The van der Waals surface area contributed by atoms with E-state index in [0.29, 0.717) is 31.3 Å². The number of aliphatic hydroxyl groups excluding tert-OH is 1. The predicted molar refractivity (Wildman–Crippen MR) is 62.0 cm³/mol. The first kappa shape index (κ1) is 12.3. The van der Waals surface area contributed by atoms with Gasteiger partial charge < -0.3 is 20.3 Å². The summed E-state index contributed by atoms with van der Waals surface area (Å²) in [5.41, 5.74) is 6.27. The van der Waals surface area contributed by atoms with E-state index in [1.807, 2.05) is 6.07 Å². The first-order valence-corrected chi connectivity index (χ1v) is 5.40. The van der Waals surface area contributed by atoms with Crippen LogP contribution in [0.2, 0.25) is 0 Å². The Morgan fingerprint density at radius 2 is 2.07 bits per heavy atom. The molecule has 3 N–H and O–H groups in total. The zero-order valence-electron chi connectivity index (χ0n) is 8.28. The van der Waals surface area contributed by atoms with Gasteiger partial charge in [-0.2, -0.15) is 0 Å². The Morgan fingerprint density at radius 1 is 1.27 bits per heavy atom. The maximum atomic E-state index is 8.47. The Kier molecular flexibility index (Phi) is 5.45. The molecule has 0 saturated heterocycles. The van der Waals surface area contributed by atoms with Crippen molar-refractivity contribution in [3.8, 4) is 5.75 Å². The van der Waals surface area contributed by atoms with Gasteiger partial charge in [-0.1, -0.05) is 0 Å². The molecule has 0 aliphatic rings. The largest absolute Gasteiger partial charge is 0.490 e. The molecule has 15 heavy (non-hydrogen) atoms. The van der Waals surface area contributed by atoms with E-state index in [0.717, 1.165) is 4.47 Å². The van der Waals surface area contributed by atoms with Crippen LogP contribution in [0.5, 0.6) is 5.75 Å². The molecular weight excluding hydrogens is 262 g/mol. The van der Waals surface area contributed by atoms with Crippen LogP contribution in [0.15, 0.2) is 22.7 Å². The summed E-state index contributed by atoms with van der Waals surface area (Å²) in [5.74, 6) is 0.697.